The van der Waals surface area contributed by atoms with Crippen molar-refractivity contribution in [2.24, 2.45) is 5.73 Å². The van der Waals surface area contributed by atoms with Crippen LogP contribution < -0.4 is 5.73 Å². The van der Waals surface area contributed by atoms with E-state index < -0.39 is 0 Å². The van der Waals surface area contributed by atoms with Gasteiger partial charge in [-0.25, -0.2) is 4.98 Å². The number of rotatable bonds is 4. The second-order valence-electron chi connectivity index (χ2n) is 5.56. The SMILES string of the molecule is Cc1ccccc1C(N)CCN1CCn2ccnc2C1. The molecule has 0 aliphatic carbocycles. The van der Waals surface area contributed by atoms with E-state index in [1.54, 1.807) is 0 Å². The van der Waals surface area contributed by atoms with E-state index in [4.69, 9.17) is 5.73 Å². The minimum absolute atomic E-state index is 0.123. The van der Waals surface area contributed by atoms with Crippen molar-refractivity contribution in [3.8, 4) is 0 Å². The average Bonchev–Trinajstić information content (AvgIpc) is 2.92. The van der Waals surface area contributed by atoms with E-state index in [9.17, 15) is 0 Å². The summed E-state index contributed by atoms with van der Waals surface area (Å²) < 4.78 is 2.23. The van der Waals surface area contributed by atoms with Crippen molar-refractivity contribution >= 4 is 0 Å². The maximum absolute atomic E-state index is 6.34. The van der Waals surface area contributed by atoms with Gasteiger partial charge in [-0.15, -0.1) is 0 Å². The topological polar surface area (TPSA) is 47.1 Å². The molecule has 20 heavy (non-hydrogen) atoms. The first kappa shape index (κ1) is 13.3. The fourth-order valence-electron chi connectivity index (χ4n) is 2.89. The quantitative estimate of drug-likeness (QED) is 0.925. The third-order valence-electron chi connectivity index (χ3n) is 4.17. The standard InChI is InChI=1S/C16H22N4/c1-13-4-2-3-5-14(13)15(17)6-8-19-10-11-20-9-7-18-16(20)12-19/h2-5,7,9,15H,6,8,10-12,17H2,1H3. The Morgan fingerprint density at radius 1 is 1.30 bits per heavy atom. The molecule has 0 saturated carbocycles. The summed E-state index contributed by atoms with van der Waals surface area (Å²) in [6, 6.07) is 8.53. The molecule has 0 amide bonds. The third kappa shape index (κ3) is 2.76. The number of aromatic nitrogens is 2. The van der Waals surface area contributed by atoms with Crippen molar-refractivity contribution in [1.29, 1.82) is 0 Å². The Hall–Kier alpha value is -1.65. The van der Waals surface area contributed by atoms with Crippen LogP contribution in [-0.4, -0.2) is 27.5 Å². The Labute approximate surface area is 120 Å². The van der Waals surface area contributed by atoms with Crippen LogP contribution in [0.5, 0.6) is 0 Å². The molecular formula is C16H22N4. The number of nitrogens with zero attached hydrogens (tertiary/aromatic N) is 3. The predicted octanol–water partition coefficient (Wildman–Crippen LogP) is 2.10. The van der Waals surface area contributed by atoms with E-state index in [-0.39, 0.29) is 6.04 Å². The smallest absolute Gasteiger partial charge is 0.122 e. The van der Waals surface area contributed by atoms with Crippen molar-refractivity contribution in [2.45, 2.75) is 32.5 Å². The monoisotopic (exact) mass is 270 g/mol. The van der Waals surface area contributed by atoms with E-state index in [2.05, 4.69) is 51.8 Å². The van der Waals surface area contributed by atoms with Gasteiger partial charge in [0.2, 0.25) is 0 Å². The molecule has 2 aromatic rings. The molecule has 3 rings (SSSR count). The van der Waals surface area contributed by atoms with Gasteiger partial charge < -0.3 is 10.3 Å². The minimum atomic E-state index is 0.123. The van der Waals surface area contributed by atoms with Gasteiger partial charge in [-0.3, -0.25) is 4.90 Å². The first-order valence-corrected chi connectivity index (χ1v) is 7.27. The summed E-state index contributed by atoms with van der Waals surface area (Å²) in [5, 5.41) is 0. The van der Waals surface area contributed by atoms with Gasteiger partial charge in [-0.2, -0.15) is 0 Å². The van der Waals surface area contributed by atoms with E-state index >= 15 is 0 Å². The second-order valence-corrected chi connectivity index (χ2v) is 5.56. The molecule has 0 spiro atoms. The van der Waals surface area contributed by atoms with Crippen molar-refractivity contribution in [3.05, 3.63) is 53.6 Å². The van der Waals surface area contributed by atoms with Gasteiger partial charge in [0.05, 0.1) is 6.54 Å². The zero-order valence-corrected chi connectivity index (χ0v) is 12.0. The van der Waals surface area contributed by atoms with Gasteiger partial charge in [0.15, 0.2) is 0 Å². The minimum Gasteiger partial charge on any atom is -0.333 e. The van der Waals surface area contributed by atoms with Crippen LogP contribution in [-0.2, 0) is 13.1 Å². The molecule has 0 saturated heterocycles. The Kier molecular flexibility index (Phi) is 3.85. The lowest BCUT2D eigenvalue weighted by atomic mass is 9.99. The summed E-state index contributed by atoms with van der Waals surface area (Å²) in [5.74, 6) is 1.17. The summed E-state index contributed by atoms with van der Waals surface area (Å²) in [4.78, 5) is 6.84. The average molecular weight is 270 g/mol. The molecule has 1 aromatic carbocycles. The molecule has 1 atom stereocenters. The summed E-state index contributed by atoms with van der Waals surface area (Å²) in [6.45, 7) is 6.22. The van der Waals surface area contributed by atoms with Crippen molar-refractivity contribution < 1.29 is 0 Å². The van der Waals surface area contributed by atoms with Crippen LogP contribution in [0.25, 0.3) is 0 Å². The molecule has 0 bridgehead atoms. The highest BCUT2D eigenvalue weighted by molar-refractivity contribution is 5.28. The molecule has 106 valence electrons. The fraction of sp³-hybridized carbons (Fsp3) is 0.438. The Bertz CT molecular complexity index is 575. The van der Waals surface area contributed by atoms with Crippen molar-refractivity contribution in [2.75, 3.05) is 13.1 Å². The Morgan fingerprint density at radius 2 is 2.15 bits per heavy atom. The maximum Gasteiger partial charge on any atom is 0.122 e. The zero-order valence-electron chi connectivity index (χ0n) is 12.0. The molecule has 2 heterocycles. The summed E-state index contributed by atoms with van der Waals surface area (Å²) in [6.07, 6.45) is 4.94. The van der Waals surface area contributed by atoms with Crippen LogP contribution in [0.15, 0.2) is 36.7 Å². The van der Waals surface area contributed by atoms with Gasteiger partial charge in [0, 0.05) is 38.1 Å². The van der Waals surface area contributed by atoms with Gasteiger partial charge in [0.25, 0.3) is 0 Å². The number of benzene rings is 1. The molecule has 2 N–H and O–H groups in total. The number of nitrogens with two attached hydrogens (primary N) is 1. The van der Waals surface area contributed by atoms with Gasteiger partial charge in [0.1, 0.15) is 5.82 Å². The van der Waals surface area contributed by atoms with E-state index in [1.165, 1.54) is 17.0 Å². The van der Waals surface area contributed by atoms with E-state index in [0.29, 0.717) is 0 Å². The van der Waals surface area contributed by atoms with Crippen LogP contribution in [0.4, 0.5) is 0 Å². The lowest BCUT2D eigenvalue weighted by molar-refractivity contribution is 0.210. The van der Waals surface area contributed by atoms with Crippen LogP contribution >= 0.6 is 0 Å². The van der Waals surface area contributed by atoms with Crippen LogP contribution in [0.3, 0.4) is 0 Å². The van der Waals surface area contributed by atoms with Gasteiger partial charge in [-0.1, -0.05) is 24.3 Å². The molecule has 1 aromatic heterocycles. The summed E-state index contributed by atoms with van der Waals surface area (Å²) in [5.41, 5.74) is 8.90. The lowest BCUT2D eigenvalue weighted by Crippen LogP contribution is -2.35. The van der Waals surface area contributed by atoms with Crippen molar-refractivity contribution in [3.63, 3.8) is 0 Å². The maximum atomic E-state index is 6.34. The van der Waals surface area contributed by atoms with Gasteiger partial charge in [-0.05, 0) is 24.5 Å². The molecule has 4 heteroatoms. The highest BCUT2D eigenvalue weighted by Crippen LogP contribution is 2.19. The molecule has 0 fully saturated rings. The van der Waals surface area contributed by atoms with Crippen LogP contribution in [0, 0.1) is 6.92 Å². The van der Waals surface area contributed by atoms with Crippen LogP contribution in [0.2, 0.25) is 0 Å². The lowest BCUT2D eigenvalue weighted by Gasteiger charge is -2.28. The normalized spacial score (nSPS) is 16.9. The van der Waals surface area contributed by atoms with Gasteiger partial charge >= 0.3 is 0 Å². The summed E-state index contributed by atoms with van der Waals surface area (Å²) in [7, 11) is 0. The van der Waals surface area contributed by atoms with Crippen LogP contribution in [0.1, 0.15) is 29.4 Å². The zero-order chi connectivity index (χ0) is 13.9. The molecule has 1 aliphatic rings. The first-order chi connectivity index (χ1) is 9.74. The number of imidazole rings is 1. The third-order valence-corrected chi connectivity index (χ3v) is 4.17. The molecule has 0 radical (unpaired) electrons. The first-order valence-electron chi connectivity index (χ1n) is 7.27. The number of hydrogen-bond donors (Lipinski definition) is 1. The predicted molar refractivity (Wildman–Crippen MR) is 80.2 cm³/mol. The largest absolute Gasteiger partial charge is 0.333 e. The molecular weight excluding hydrogens is 248 g/mol. The molecule has 1 unspecified atom stereocenters. The highest BCUT2D eigenvalue weighted by Gasteiger charge is 2.17. The van der Waals surface area contributed by atoms with Crippen molar-refractivity contribution in [1.82, 2.24) is 14.5 Å². The number of fused-ring (bicyclic) bond motifs is 1. The fourth-order valence-corrected chi connectivity index (χ4v) is 2.89. The second kappa shape index (κ2) is 5.77. The van der Waals surface area contributed by atoms with E-state index in [0.717, 1.165) is 32.6 Å². The molecule has 4 nitrogen and oxygen atoms in total. The Morgan fingerprint density at radius 3 is 3.00 bits per heavy atom. The summed E-state index contributed by atoms with van der Waals surface area (Å²) >= 11 is 0. The molecule has 1 aliphatic heterocycles. The number of aryl methyl sites for hydroxylation is 1. The van der Waals surface area contributed by atoms with E-state index in [1.807, 2.05) is 6.20 Å². The number of hydrogen-bond acceptors (Lipinski definition) is 3. The highest BCUT2D eigenvalue weighted by atomic mass is 15.2. The Balaban J connectivity index is 1.57.